The average molecular weight is 353 g/mol. The largest absolute Gasteiger partial charge is 0.493 e. The summed E-state index contributed by atoms with van der Waals surface area (Å²) in [6, 6.07) is 3.31. The summed E-state index contributed by atoms with van der Waals surface area (Å²) in [5.74, 6) is 0.210. The van der Waals surface area contributed by atoms with Crippen LogP contribution in [0.2, 0.25) is 0 Å². The number of amides is 1. The smallest absolute Gasteiger partial charge is 0.308 e. The molecule has 0 atom stereocenters. The van der Waals surface area contributed by atoms with Crippen LogP contribution in [0.3, 0.4) is 0 Å². The topological polar surface area (TPSA) is 65.1 Å². The Balaban J connectivity index is 2.47. The van der Waals surface area contributed by atoms with Gasteiger partial charge in [0.1, 0.15) is 4.32 Å². The summed E-state index contributed by atoms with van der Waals surface area (Å²) in [4.78, 5) is 25.2. The van der Waals surface area contributed by atoms with Gasteiger partial charge < -0.3 is 14.2 Å². The van der Waals surface area contributed by atoms with Crippen LogP contribution in [0, 0.1) is 0 Å². The Morgan fingerprint density at radius 1 is 1.26 bits per heavy atom. The molecule has 1 aliphatic rings. The highest BCUT2D eigenvalue weighted by Crippen LogP contribution is 2.40. The lowest BCUT2D eigenvalue weighted by Crippen LogP contribution is -2.22. The SMILES string of the molecule is COc1cc(/C=C2/SC(=S)N(C)C2=O)cc(OC)c1OC(C)=O. The minimum Gasteiger partial charge on any atom is -0.493 e. The van der Waals surface area contributed by atoms with Crippen LogP contribution < -0.4 is 14.2 Å². The summed E-state index contributed by atoms with van der Waals surface area (Å²) in [6.07, 6.45) is 1.69. The lowest BCUT2D eigenvalue weighted by atomic mass is 10.1. The molecule has 1 fully saturated rings. The van der Waals surface area contributed by atoms with Crippen LogP contribution in [0.1, 0.15) is 12.5 Å². The van der Waals surface area contributed by atoms with Crippen LogP contribution in [0.5, 0.6) is 17.2 Å². The maximum Gasteiger partial charge on any atom is 0.308 e. The summed E-state index contributed by atoms with van der Waals surface area (Å²) < 4.78 is 16.1. The number of esters is 1. The third-order valence-electron chi connectivity index (χ3n) is 3.01. The molecule has 0 spiro atoms. The summed E-state index contributed by atoms with van der Waals surface area (Å²) in [5, 5.41) is 0. The first-order chi connectivity index (χ1) is 10.9. The van der Waals surface area contributed by atoms with Crippen molar-refractivity contribution in [3.8, 4) is 17.2 Å². The molecule has 0 bridgehead atoms. The molecule has 1 saturated heterocycles. The Hall–Kier alpha value is -2.06. The van der Waals surface area contributed by atoms with Gasteiger partial charge in [0.25, 0.3) is 5.91 Å². The van der Waals surface area contributed by atoms with Crippen LogP contribution in [0.15, 0.2) is 17.0 Å². The van der Waals surface area contributed by atoms with Crippen molar-refractivity contribution in [2.75, 3.05) is 21.3 Å². The summed E-state index contributed by atoms with van der Waals surface area (Å²) in [6.45, 7) is 1.29. The molecular formula is C15H15NO5S2. The van der Waals surface area contributed by atoms with E-state index in [0.29, 0.717) is 26.3 Å². The van der Waals surface area contributed by atoms with E-state index in [-0.39, 0.29) is 11.7 Å². The van der Waals surface area contributed by atoms with E-state index in [9.17, 15) is 9.59 Å². The van der Waals surface area contributed by atoms with E-state index >= 15 is 0 Å². The fourth-order valence-corrected chi connectivity index (χ4v) is 3.10. The van der Waals surface area contributed by atoms with Crippen molar-refractivity contribution in [3.05, 3.63) is 22.6 Å². The van der Waals surface area contributed by atoms with Gasteiger partial charge in [-0.15, -0.1) is 0 Å². The van der Waals surface area contributed by atoms with Crippen molar-refractivity contribution in [1.29, 1.82) is 0 Å². The number of hydrogen-bond donors (Lipinski definition) is 0. The van der Waals surface area contributed by atoms with Gasteiger partial charge >= 0.3 is 5.97 Å². The first-order valence-corrected chi connectivity index (χ1v) is 7.75. The quantitative estimate of drug-likeness (QED) is 0.356. The van der Waals surface area contributed by atoms with Crippen LogP contribution in [-0.2, 0) is 9.59 Å². The zero-order valence-corrected chi connectivity index (χ0v) is 14.7. The first kappa shape index (κ1) is 17.3. The Morgan fingerprint density at radius 2 is 1.83 bits per heavy atom. The summed E-state index contributed by atoms with van der Waals surface area (Å²) in [7, 11) is 4.54. The lowest BCUT2D eigenvalue weighted by Gasteiger charge is -2.13. The Kier molecular flexibility index (Phi) is 5.27. The molecule has 1 aromatic carbocycles. The number of ether oxygens (including phenoxy) is 3. The number of likely N-dealkylation sites (N-methyl/N-ethyl adjacent to an activating group) is 1. The fourth-order valence-electron chi connectivity index (χ4n) is 1.92. The van der Waals surface area contributed by atoms with E-state index < -0.39 is 5.97 Å². The number of thioether (sulfide) groups is 1. The van der Waals surface area contributed by atoms with Crippen LogP contribution in [0.4, 0.5) is 0 Å². The Bertz CT molecular complexity index is 689. The molecule has 1 heterocycles. The molecule has 1 amide bonds. The number of rotatable bonds is 4. The maximum absolute atomic E-state index is 12.1. The molecule has 0 unspecified atom stereocenters. The molecule has 0 saturated carbocycles. The van der Waals surface area contributed by atoms with Gasteiger partial charge in [-0.2, -0.15) is 0 Å². The second-order valence-electron chi connectivity index (χ2n) is 4.59. The summed E-state index contributed by atoms with van der Waals surface area (Å²) in [5.41, 5.74) is 0.670. The van der Waals surface area contributed by atoms with Crippen LogP contribution in [-0.4, -0.2) is 42.4 Å². The van der Waals surface area contributed by atoms with Gasteiger partial charge in [0.05, 0.1) is 19.1 Å². The molecule has 1 aliphatic heterocycles. The van der Waals surface area contributed by atoms with Gasteiger partial charge in [0.15, 0.2) is 11.5 Å². The zero-order valence-electron chi connectivity index (χ0n) is 13.0. The van der Waals surface area contributed by atoms with Crippen molar-refractivity contribution in [2.24, 2.45) is 0 Å². The predicted molar refractivity (Wildman–Crippen MR) is 91.8 cm³/mol. The third kappa shape index (κ3) is 3.65. The highest BCUT2D eigenvalue weighted by molar-refractivity contribution is 8.26. The molecule has 1 aromatic rings. The number of hydrogen-bond acceptors (Lipinski definition) is 7. The predicted octanol–water partition coefficient (Wildman–Crippen LogP) is 2.46. The molecule has 8 heteroatoms. The highest BCUT2D eigenvalue weighted by atomic mass is 32.2. The van der Waals surface area contributed by atoms with E-state index in [1.165, 1.54) is 37.8 Å². The van der Waals surface area contributed by atoms with Gasteiger partial charge in [0, 0.05) is 14.0 Å². The van der Waals surface area contributed by atoms with Gasteiger partial charge in [-0.1, -0.05) is 24.0 Å². The van der Waals surface area contributed by atoms with Crippen molar-refractivity contribution >= 4 is 46.3 Å². The number of nitrogens with zero attached hydrogens (tertiary/aromatic N) is 1. The molecule has 0 N–H and O–H groups in total. The number of carbonyl (C=O) groups excluding carboxylic acids is 2. The second kappa shape index (κ2) is 7.01. The summed E-state index contributed by atoms with van der Waals surface area (Å²) >= 11 is 6.32. The molecule has 23 heavy (non-hydrogen) atoms. The third-order valence-corrected chi connectivity index (χ3v) is 4.50. The highest BCUT2D eigenvalue weighted by Gasteiger charge is 2.29. The van der Waals surface area contributed by atoms with E-state index in [1.807, 2.05) is 0 Å². The van der Waals surface area contributed by atoms with Crippen molar-refractivity contribution < 1.29 is 23.8 Å². The average Bonchev–Trinajstić information content (AvgIpc) is 2.75. The zero-order chi connectivity index (χ0) is 17.1. The molecule has 2 rings (SSSR count). The standard InChI is InChI=1S/C15H15NO5S2/c1-8(17)21-13-10(19-3)5-9(6-11(13)20-4)7-12-14(18)16(2)15(22)23-12/h5-7H,1-4H3/b12-7+. The molecule has 0 radical (unpaired) electrons. The molecule has 0 aliphatic carbocycles. The van der Waals surface area contributed by atoms with Gasteiger partial charge in [-0.3, -0.25) is 14.5 Å². The second-order valence-corrected chi connectivity index (χ2v) is 6.26. The van der Waals surface area contributed by atoms with E-state index in [0.717, 1.165) is 0 Å². The van der Waals surface area contributed by atoms with Crippen LogP contribution in [0.25, 0.3) is 6.08 Å². The normalized spacial score (nSPS) is 16.0. The van der Waals surface area contributed by atoms with Gasteiger partial charge in [0.2, 0.25) is 5.75 Å². The molecule has 0 aromatic heterocycles. The van der Waals surface area contributed by atoms with Gasteiger partial charge in [-0.25, -0.2) is 0 Å². The van der Waals surface area contributed by atoms with E-state index in [4.69, 9.17) is 26.4 Å². The number of carbonyl (C=O) groups is 2. The van der Waals surface area contributed by atoms with Gasteiger partial charge in [-0.05, 0) is 23.8 Å². The lowest BCUT2D eigenvalue weighted by molar-refractivity contribution is -0.132. The molecule has 122 valence electrons. The van der Waals surface area contributed by atoms with E-state index in [1.54, 1.807) is 25.3 Å². The number of thiocarbonyl (C=S) groups is 1. The number of methoxy groups -OCH3 is 2. The van der Waals surface area contributed by atoms with Crippen molar-refractivity contribution in [3.63, 3.8) is 0 Å². The molecule has 6 nitrogen and oxygen atoms in total. The van der Waals surface area contributed by atoms with E-state index in [2.05, 4.69) is 0 Å². The monoisotopic (exact) mass is 353 g/mol. The Morgan fingerprint density at radius 3 is 2.22 bits per heavy atom. The van der Waals surface area contributed by atoms with Crippen LogP contribution >= 0.6 is 24.0 Å². The maximum atomic E-state index is 12.1. The fraction of sp³-hybridized carbons (Fsp3) is 0.267. The Labute approximate surface area is 143 Å². The minimum atomic E-state index is -0.485. The van der Waals surface area contributed by atoms with Crippen molar-refractivity contribution in [1.82, 2.24) is 4.90 Å². The molecular weight excluding hydrogens is 338 g/mol. The number of benzene rings is 1. The van der Waals surface area contributed by atoms with Crippen molar-refractivity contribution in [2.45, 2.75) is 6.92 Å². The minimum absolute atomic E-state index is 0.165. The first-order valence-electron chi connectivity index (χ1n) is 6.53.